The Morgan fingerprint density at radius 2 is 1.64 bits per heavy atom. The highest BCUT2D eigenvalue weighted by Gasteiger charge is 2.86. The molecular weight excluding hydrogens is 596 g/mol. The third kappa shape index (κ3) is 4.59. The smallest absolute Gasteiger partial charge is 0.338 e. The molecule has 0 amide bonds. The van der Waals surface area contributed by atoms with E-state index in [0.717, 1.165) is 51.4 Å². The second-order valence-electron chi connectivity index (χ2n) is 18.0. The monoisotopic (exact) mass is 652 g/mol. The Labute approximate surface area is 279 Å². The van der Waals surface area contributed by atoms with Crippen LogP contribution in [0.3, 0.4) is 0 Å². The Kier molecular flexibility index (Phi) is 7.66. The lowest BCUT2D eigenvalue weighted by Crippen LogP contribution is -2.67. The predicted octanol–water partition coefficient (Wildman–Crippen LogP) is 6.05. The van der Waals surface area contributed by atoms with Crippen molar-refractivity contribution in [1.82, 2.24) is 0 Å². The summed E-state index contributed by atoms with van der Waals surface area (Å²) in [6.07, 6.45) is 5.09. The summed E-state index contributed by atoms with van der Waals surface area (Å²) in [5.74, 6) is 0.165. The van der Waals surface area contributed by atoms with Gasteiger partial charge in [0.25, 0.3) is 0 Å². The molecular formula is C39H56O8. The molecule has 1 aliphatic heterocycles. The fourth-order valence-electron chi connectivity index (χ4n) is 13.3. The maximum absolute atomic E-state index is 13.2. The topological polar surface area (TPSA) is 123 Å². The zero-order valence-corrected chi connectivity index (χ0v) is 29.3. The molecule has 1 aromatic rings. The number of hydrogen-bond acceptors (Lipinski definition) is 8. The number of carbonyl (C=O) groups excluding carboxylic acids is 2. The van der Waals surface area contributed by atoms with Crippen molar-refractivity contribution in [1.29, 1.82) is 0 Å². The zero-order valence-electron chi connectivity index (χ0n) is 29.3. The SMILES string of the molecule is CC(=O)OC1CC2C(C)(C)C(OC(=O)c3ccccc3)CCC2(C)C2CCC34CC3(CCC4C3CC(C(O)C(C)(C)O)OC3O)C12C. The second kappa shape index (κ2) is 10.7. The first-order chi connectivity index (χ1) is 21.9. The molecule has 13 atom stereocenters. The van der Waals surface area contributed by atoms with Gasteiger partial charge in [0.1, 0.15) is 18.3 Å². The fourth-order valence-corrected chi connectivity index (χ4v) is 13.3. The number of rotatable bonds is 6. The fraction of sp³-hybridized carbons (Fsp3) is 0.795. The first-order valence-electron chi connectivity index (χ1n) is 18.1. The largest absolute Gasteiger partial charge is 0.462 e. The minimum Gasteiger partial charge on any atom is -0.462 e. The van der Waals surface area contributed by atoms with Gasteiger partial charge in [0.05, 0.1) is 17.3 Å². The van der Waals surface area contributed by atoms with Gasteiger partial charge in [-0.15, -0.1) is 0 Å². The van der Waals surface area contributed by atoms with Crippen LogP contribution in [-0.2, 0) is 19.0 Å². The Hall–Kier alpha value is -2.00. The Bertz CT molecular complexity index is 1400. The Morgan fingerprint density at radius 3 is 2.30 bits per heavy atom. The van der Waals surface area contributed by atoms with Gasteiger partial charge in [-0.05, 0) is 118 Å². The molecule has 6 aliphatic rings. The van der Waals surface area contributed by atoms with E-state index in [1.807, 2.05) is 18.2 Å². The maximum atomic E-state index is 13.2. The molecule has 1 aromatic carbocycles. The van der Waals surface area contributed by atoms with Gasteiger partial charge < -0.3 is 29.5 Å². The van der Waals surface area contributed by atoms with Crippen LogP contribution < -0.4 is 0 Å². The molecule has 1 heterocycles. The van der Waals surface area contributed by atoms with Crippen molar-refractivity contribution in [3.05, 3.63) is 35.9 Å². The van der Waals surface area contributed by atoms with Crippen molar-refractivity contribution in [2.45, 2.75) is 143 Å². The summed E-state index contributed by atoms with van der Waals surface area (Å²) in [5.41, 5.74) is -1.25. The number of aliphatic hydroxyl groups excluding tert-OH is 2. The van der Waals surface area contributed by atoms with Crippen LogP contribution in [0.5, 0.6) is 0 Å². The third-order valence-corrected chi connectivity index (χ3v) is 15.4. The minimum absolute atomic E-state index is 0.00905. The number of aliphatic hydroxyl groups is 3. The molecule has 0 bridgehead atoms. The van der Waals surface area contributed by atoms with Crippen LogP contribution in [0.2, 0.25) is 0 Å². The van der Waals surface area contributed by atoms with Gasteiger partial charge in [0.2, 0.25) is 0 Å². The lowest BCUT2D eigenvalue weighted by atomic mass is 9.37. The van der Waals surface area contributed by atoms with Crippen LogP contribution in [-0.4, -0.2) is 63.6 Å². The molecule has 0 aromatic heterocycles. The number of benzene rings is 1. The lowest BCUT2D eigenvalue weighted by molar-refractivity contribution is -0.249. The Morgan fingerprint density at radius 1 is 0.936 bits per heavy atom. The molecule has 5 saturated carbocycles. The third-order valence-electron chi connectivity index (χ3n) is 15.4. The van der Waals surface area contributed by atoms with Gasteiger partial charge in [-0.3, -0.25) is 4.79 Å². The van der Waals surface area contributed by atoms with Crippen LogP contribution in [0, 0.1) is 50.7 Å². The van der Waals surface area contributed by atoms with E-state index in [-0.39, 0.29) is 69.0 Å². The van der Waals surface area contributed by atoms with E-state index in [4.69, 9.17) is 14.2 Å². The van der Waals surface area contributed by atoms with Crippen LogP contribution in [0.1, 0.15) is 117 Å². The van der Waals surface area contributed by atoms with Gasteiger partial charge in [-0.1, -0.05) is 45.9 Å². The predicted molar refractivity (Wildman–Crippen MR) is 175 cm³/mol. The van der Waals surface area contributed by atoms with Crippen LogP contribution >= 0.6 is 0 Å². The normalized spacial score (nSPS) is 47.1. The van der Waals surface area contributed by atoms with E-state index in [0.29, 0.717) is 17.9 Å². The summed E-state index contributed by atoms with van der Waals surface area (Å²) < 4.78 is 18.6. The first-order valence-corrected chi connectivity index (χ1v) is 18.1. The number of carbonyl (C=O) groups is 2. The van der Waals surface area contributed by atoms with Crippen LogP contribution in [0.15, 0.2) is 30.3 Å². The number of esters is 2. The zero-order chi connectivity index (χ0) is 33.9. The van der Waals surface area contributed by atoms with Gasteiger partial charge in [0, 0.05) is 23.7 Å². The van der Waals surface area contributed by atoms with E-state index >= 15 is 0 Å². The van der Waals surface area contributed by atoms with Crippen LogP contribution in [0.4, 0.5) is 0 Å². The van der Waals surface area contributed by atoms with E-state index in [1.54, 1.807) is 26.0 Å². The van der Waals surface area contributed by atoms with E-state index < -0.39 is 24.1 Å². The first kappa shape index (κ1) is 33.5. The minimum atomic E-state index is -1.32. The standard InChI is InChI=1S/C39H56O8/c1-22(40)45-30-20-28-34(2,3)29(47-32(42)23-11-9-8-10-12-23)15-16-36(28,6)27-14-17-38-21-39(38,37(27,30)7)18-13-25(38)24-19-26(46-33(24)43)31(41)35(4,5)44/h8-12,24-31,33,41,43-44H,13-21H2,1-7H3. The van der Waals surface area contributed by atoms with Crippen molar-refractivity contribution >= 4 is 11.9 Å². The molecule has 8 nitrogen and oxygen atoms in total. The maximum Gasteiger partial charge on any atom is 0.338 e. The Balaban J connectivity index is 1.18. The molecule has 7 rings (SSSR count). The highest BCUT2D eigenvalue weighted by Crippen LogP contribution is 2.91. The molecule has 8 heteroatoms. The van der Waals surface area contributed by atoms with Gasteiger partial charge in [0.15, 0.2) is 6.29 Å². The van der Waals surface area contributed by atoms with Crippen molar-refractivity contribution < 1.29 is 39.1 Å². The number of fused-ring (bicyclic) bond motifs is 3. The van der Waals surface area contributed by atoms with Crippen molar-refractivity contribution in [3.8, 4) is 0 Å². The van der Waals surface area contributed by atoms with Crippen molar-refractivity contribution in [3.63, 3.8) is 0 Å². The highest BCUT2D eigenvalue weighted by molar-refractivity contribution is 5.89. The summed E-state index contributed by atoms with van der Waals surface area (Å²) in [7, 11) is 0. The molecule has 3 N–H and O–H groups in total. The summed E-state index contributed by atoms with van der Waals surface area (Å²) in [4.78, 5) is 26.0. The average Bonchev–Trinajstić information content (AvgIpc) is 3.37. The average molecular weight is 653 g/mol. The quantitative estimate of drug-likeness (QED) is 0.318. The van der Waals surface area contributed by atoms with Crippen LogP contribution in [0.25, 0.3) is 0 Å². The molecule has 13 unspecified atom stereocenters. The summed E-state index contributed by atoms with van der Waals surface area (Å²) >= 11 is 0. The highest BCUT2D eigenvalue weighted by atomic mass is 16.6. The molecule has 47 heavy (non-hydrogen) atoms. The van der Waals surface area contributed by atoms with E-state index in [2.05, 4.69) is 27.7 Å². The molecule has 260 valence electrons. The molecule has 5 aliphatic carbocycles. The molecule has 0 spiro atoms. The number of ether oxygens (including phenoxy) is 3. The van der Waals surface area contributed by atoms with Gasteiger partial charge >= 0.3 is 11.9 Å². The van der Waals surface area contributed by atoms with Crippen molar-refractivity contribution in [2.75, 3.05) is 0 Å². The van der Waals surface area contributed by atoms with E-state index in [9.17, 15) is 24.9 Å². The van der Waals surface area contributed by atoms with E-state index in [1.165, 1.54) is 6.92 Å². The van der Waals surface area contributed by atoms with Gasteiger partial charge in [-0.2, -0.15) is 0 Å². The molecule has 0 radical (unpaired) electrons. The summed E-state index contributed by atoms with van der Waals surface area (Å²) in [5, 5.41) is 32.5. The summed E-state index contributed by atoms with van der Waals surface area (Å²) in [6.45, 7) is 14.1. The number of hydrogen-bond donors (Lipinski definition) is 3. The molecule has 1 saturated heterocycles. The van der Waals surface area contributed by atoms with Gasteiger partial charge in [-0.25, -0.2) is 4.79 Å². The lowest BCUT2D eigenvalue weighted by Gasteiger charge is -2.68. The van der Waals surface area contributed by atoms with Crippen molar-refractivity contribution in [2.24, 2.45) is 50.7 Å². The summed E-state index contributed by atoms with van der Waals surface area (Å²) in [6, 6.07) is 9.22. The molecule has 6 fully saturated rings. The second-order valence-corrected chi connectivity index (χ2v) is 18.0.